The second-order valence-electron chi connectivity index (χ2n) is 4.57. The van der Waals surface area contributed by atoms with Crippen LogP contribution in [0.1, 0.15) is 46.0 Å². The zero-order valence-corrected chi connectivity index (χ0v) is 12.4. The lowest BCUT2D eigenvalue weighted by atomic mass is 10.2. The summed E-state index contributed by atoms with van der Waals surface area (Å²) in [6.07, 6.45) is 3.84. The Kier molecular flexibility index (Phi) is 6.91. The minimum atomic E-state index is -0.934. The van der Waals surface area contributed by atoms with E-state index in [9.17, 15) is 9.59 Å². The first-order valence-electron chi connectivity index (χ1n) is 6.84. The fraction of sp³-hybridized carbons (Fsp3) is 0.769. The molecule has 1 amide bonds. The topological polar surface area (TPSA) is 70.0 Å². The predicted octanol–water partition coefficient (Wildman–Crippen LogP) is 2.36. The Morgan fingerprint density at radius 2 is 2.05 bits per heavy atom. The van der Waals surface area contributed by atoms with Crippen molar-refractivity contribution in [1.29, 1.82) is 0 Å². The van der Waals surface area contributed by atoms with Gasteiger partial charge < -0.3 is 5.11 Å². The molecule has 0 bridgehead atoms. The molecule has 0 aliphatic carbocycles. The Bertz CT molecular complexity index is 358. The smallest absolute Gasteiger partial charge is 0.305 e. The van der Waals surface area contributed by atoms with E-state index in [1.165, 1.54) is 11.8 Å². The third kappa shape index (κ3) is 4.86. The standard InChI is InChI=1S/C13H22N2O3S/c1-3-5-7-14-13-15(8-6-4-2)12(18)10(19-13)9-11(16)17/h10H,3-9H2,1-2H3,(H,16,17)/t10-/m1/s1. The molecule has 0 aromatic rings. The maximum absolute atomic E-state index is 12.2. The van der Waals surface area contributed by atoms with E-state index in [1.54, 1.807) is 4.90 Å². The van der Waals surface area contributed by atoms with Crippen molar-refractivity contribution in [1.82, 2.24) is 4.90 Å². The highest BCUT2D eigenvalue weighted by Gasteiger charge is 2.38. The van der Waals surface area contributed by atoms with Crippen molar-refractivity contribution < 1.29 is 14.7 Å². The molecule has 108 valence electrons. The molecule has 6 heteroatoms. The number of thioether (sulfide) groups is 1. The first kappa shape index (κ1) is 16.0. The van der Waals surface area contributed by atoms with Crippen LogP contribution in [0, 0.1) is 0 Å². The van der Waals surface area contributed by atoms with Gasteiger partial charge in [0, 0.05) is 13.1 Å². The van der Waals surface area contributed by atoms with Crippen LogP contribution in [0.25, 0.3) is 0 Å². The zero-order chi connectivity index (χ0) is 14.3. The van der Waals surface area contributed by atoms with Crippen LogP contribution < -0.4 is 0 Å². The molecule has 1 heterocycles. The minimum absolute atomic E-state index is 0.101. The second-order valence-corrected chi connectivity index (χ2v) is 5.74. The summed E-state index contributed by atoms with van der Waals surface area (Å²) in [7, 11) is 0. The fourth-order valence-electron chi connectivity index (χ4n) is 1.77. The molecule has 1 atom stereocenters. The molecule has 5 nitrogen and oxygen atoms in total. The molecule has 0 aromatic carbocycles. The van der Waals surface area contributed by atoms with Crippen molar-refractivity contribution in [2.45, 2.75) is 51.2 Å². The first-order chi connectivity index (χ1) is 9.10. The molecule has 1 aliphatic heterocycles. The lowest BCUT2D eigenvalue weighted by Gasteiger charge is -2.15. The van der Waals surface area contributed by atoms with Crippen LogP contribution in [-0.4, -0.2) is 45.4 Å². The first-order valence-corrected chi connectivity index (χ1v) is 7.72. The van der Waals surface area contributed by atoms with Gasteiger partial charge in [-0.3, -0.25) is 19.5 Å². The number of carbonyl (C=O) groups is 2. The molecule has 1 aliphatic rings. The molecular weight excluding hydrogens is 264 g/mol. The van der Waals surface area contributed by atoms with Crippen LogP contribution in [-0.2, 0) is 9.59 Å². The van der Waals surface area contributed by atoms with Crippen LogP contribution in [0.2, 0.25) is 0 Å². The number of amidine groups is 1. The van der Waals surface area contributed by atoms with Gasteiger partial charge in [-0.15, -0.1) is 0 Å². The van der Waals surface area contributed by atoms with Gasteiger partial charge in [-0.2, -0.15) is 0 Å². The summed E-state index contributed by atoms with van der Waals surface area (Å²) < 4.78 is 0. The van der Waals surface area contributed by atoms with Gasteiger partial charge in [-0.05, 0) is 12.8 Å². The van der Waals surface area contributed by atoms with Crippen molar-refractivity contribution in [3.63, 3.8) is 0 Å². The highest BCUT2D eigenvalue weighted by Crippen LogP contribution is 2.29. The SMILES string of the molecule is CCCCN=C1S[C@H](CC(=O)O)C(=O)N1CCCC. The summed E-state index contributed by atoms with van der Waals surface area (Å²) in [4.78, 5) is 29.0. The van der Waals surface area contributed by atoms with Gasteiger partial charge >= 0.3 is 5.97 Å². The van der Waals surface area contributed by atoms with E-state index in [0.717, 1.165) is 25.7 Å². The number of unbranched alkanes of at least 4 members (excludes halogenated alkanes) is 2. The van der Waals surface area contributed by atoms with Gasteiger partial charge in [-0.1, -0.05) is 38.5 Å². The summed E-state index contributed by atoms with van der Waals surface area (Å²) in [6.45, 7) is 5.50. The Hall–Kier alpha value is -1.04. The van der Waals surface area contributed by atoms with E-state index >= 15 is 0 Å². The van der Waals surface area contributed by atoms with E-state index < -0.39 is 11.2 Å². The van der Waals surface area contributed by atoms with Gasteiger partial charge in [0.25, 0.3) is 0 Å². The number of amides is 1. The van der Waals surface area contributed by atoms with E-state index in [1.807, 2.05) is 0 Å². The lowest BCUT2D eigenvalue weighted by molar-refractivity contribution is -0.139. The maximum atomic E-state index is 12.2. The van der Waals surface area contributed by atoms with Gasteiger partial charge in [0.2, 0.25) is 5.91 Å². The number of carboxylic acids is 1. The largest absolute Gasteiger partial charge is 0.481 e. The molecule has 0 saturated carbocycles. The summed E-state index contributed by atoms with van der Waals surface area (Å²) >= 11 is 1.30. The Balaban J connectivity index is 2.72. The molecule has 1 N–H and O–H groups in total. The summed E-state index contributed by atoms with van der Waals surface area (Å²) in [5.41, 5.74) is 0. The number of hydrogen-bond acceptors (Lipinski definition) is 4. The average Bonchev–Trinajstić information content (AvgIpc) is 2.64. The second kappa shape index (κ2) is 8.19. The maximum Gasteiger partial charge on any atom is 0.305 e. The summed E-state index contributed by atoms with van der Waals surface area (Å²) in [5.74, 6) is -1.04. The molecule has 0 spiro atoms. The van der Waals surface area contributed by atoms with Crippen LogP contribution in [0.4, 0.5) is 0 Å². The molecule has 1 saturated heterocycles. The van der Waals surface area contributed by atoms with Gasteiger partial charge in [0.1, 0.15) is 5.25 Å². The Morgan fingerprint density at radius 3 is 2.63 bits per heavy atom. The fourth-order valence-corrected chi connectivity index (χ4v) is 2.96. The van der Waals surface area contributed by atoms with Crippen LogP contribution in [0.3, 0.4) is 0 Å². The van der Waals surface area contributed by atoms with Crippen LogP contribution in [0.5, 0.6) is 0 Å². The average molecular weight is 286 g/mol. The Morgan fingerprint density at radius 1 is 1.37 bits per heavy atom. The van der Waals surface area contributed by atoms with Crippen molar-refractivity contribution >= 4 is 28.8 Å². The van der Waals surface area contributed by atoms with Crippen molar-refractivity contribution in [2.75, 3.05) is 13.1 Å². The minimum Gasteiger partial charge on any atom is -0.481 e. The molecule has 0 aromatic heterocycles. The zero-order valence-electron chi connectivity index (χ0n) is 11.6. The van der Waals surface area contributed by atoms with E-state index in [4.69, 9.17) is 5.11 Å². The monoisotopic (exact) mass is 286 g/mol. The number of carbonyl (C=O) groups excluding carboxylic acids is 1. The molecule has 0 radical (unpaired) electrons. The van der Waals surface area contributed by atoms with E-state index in [-0.39, 0.29) is 12.3 Å². The molecule has 1 rings (SSSR count). The molecule has 1 fully saturated rings. The number of carboxylic acid groups (broad SMARTS) is 1. The van der Waals surface area contributed by atoms with E-state index in [0.29, 0.717) is 18.3 Å². The highest BCUT2D eigenvalue weighted by atomic mass is 32.2. The quantitative estimate of drug-likeness (QED) is 0.695. The normalized spacial score (nSPS) is 21.4. The van der Waals surface area contributed by atoms with Crippen LogP contribution in [0.15, 0.2) is 4.99 Å². The number of hydrogen-bond donors (Lipinski definition) is 1. The third-order valence-corrected chi connectivity index (χ3v) is 4.09. The number of aliphatic carboxylic acids is 1. The van der Waals surface area contributed by atoms with Gasteiger partial charge in [-0.25, -0.2) is 0 Å². The number of nitrogens with zero attached hydrogens (tertiary/aromatic N) is 2. The summed E-state index contributed by atoms with van der Waals surface area (Å²) in [5, 5.41) is 9.03. The van der Waals surface area contributed by atoms with Crippen molar-refractivity contribution in [2.24, 2.45) is 4.99 Å². The van der Waals surface area contributed by atoms with Gasteiger partial charge in [0.15, 0.2) is 5.17 Å². The number of rotatable bonds is 8. The number of aliphatic imine (C=N–C) groups is 1. The van der Waals surface area contributed by atoms with Crippen LogP contribution >= 0.6 is 11.8 Å². The lowest BCUT2D eigenvalue weighted by Crippen LogP contribution is -2.33. The van der Waals surface area contributed by atoms with Crippen molar-refractivity contribution in [3.8, 4) is 0 Å². The molecular formula is C13H22N2O3S. The van der Waals surface area contributed by atoms with E-state index in [2.05, 4.69) is 18.8 Å². The Labute approximate surface area is 118 Å². The van der Waals surface area contributed by atoms with Gasteiger partial charge in [0.05, 0.1) is 6.42 Å². The molecule has 19 heavy (non-hydrogen) atoms. The third-order valence-electron chi connectivity index (χ3n) is 2.87. The van der Waals surface area contributed by atoms with Crippen molar-refractivity contribution in [3.05, 3.63) is 0 Å². The highest BCUT2D eigenvalue weighted by molar-refractivity contribution is 8.15. The summed E-state index contributed by atoms with van der Waals surface area (Å²) in [6, 6.07) is 0. The molecule has 0 unspecified atom stereocenters. The predicted molar refractivity (Wildman–Crippen MR) is 77.5 cm³/mol.